The smallest absolute Gasteiger partial charge is 0.338 e. The number of rotatable bonds is 12. The van der Waals surface area contributed by atoms with Crippen molar-refractivity contribution < 1.29 is 38.1 Å². The number of fused-ring (bicyclic) bond motifs is 2. The van der Waals surface area contributed by atoms with E-state index in [9.17, 15) is 19.2 Å². The van der Waals surface area contributed by atoms with Crippen LogP contribution in [-0.2, 0) is 57.7 Å². The lowest BCUT2D eigenvalue weighted by atomic mass is 9.68. The Labute approximate surface area is 346 Å². The molecule has 0 unspecified atom stereocenters. The largest absolute Gasteiger partial charge is 0.462 e. The lowest BCUT2D eigenvalue weighted by molar-refractivity contribution is 0.00824. The zero-order chi connectivity index (χ0) is 41.2. The van der Waals surface area contributed by atoms with Crippen LogP contribution >= 0.6 is 0 Å². The van der Waals surface area contributed by atoms with Crippen LogP contribution in [-0.4, -0.2) is 89.4 Å². The summed E-state index contributed by atoms with van der Waals surface area (Å²) in [6, 6.07) is 18.0. The molecular formula is C46H57N5O8. The van der Waals surface area contributed by atoms with E-state index in [0.29, 0.717) is 69.7 Å². The summed E-state index contributed by atoms with van der Waals surface area (Å²) >= 11 is 0. The van der Waals surface area contributed by atoms with E-state index in [1.54, 1.807) is 24.3 Å². The molecule has 2 spiro atoms. The Kier molecular flexibility index (Phi) is 13.7. The van der Waals surface area contributed by atoms with Crippen LogP contribution in [0, 0.1) is 10.8 Å². The summed E-state index contributed by atoms with van der Waals surface area (Å²) in [5.41, 5.74) is 6.55. The number of hydrogen-bond donors (Lipinski definition) is 1. The first-order valence-electron chi connectivity index (χ1n) is 21.3. The number of carbonyl (C=O) groups excluding carboxylic acids is 4. The Morgan fingerprint density at radius 2 is 1.12 bits per heavy atom. The van der Waals surface area contributed by atoms with Gasteiger partial charge in [0.2, 0.25) is 0 Å². The molecule has 0 radical (unpaired) electrons. The molecule has 4 aliphatic rings. The van der Waals surface area contributed by atoms with Crippen LogP contribution in [0.1, 0.15) is 123 Å². The number of esters is 2. The lowest BCUT2D eigenvalue weighted by Crippen LogP contribution is -2.40. The molecule has 0 atom stereocenters. The summed E-state index contributed by atoms with van der Waals surface area (Å²) in [7, 11) is 0. The normalized spacial score (nSPS) is 17.9. The number of aryl methyl sites for hydroxylation is 4. The third kappa shape index (κ3) is 9.84. The molecule has 13 heteroatoms. The van der Waals surface area contributed by atoms with E-state index in [-0.39, 0.29) is 34.5 Å². The quantitative estimate of drug-likeness (QED) is 0.126. The van der Waals surface area contributed by atoms with E-state index in [1.807, 2.05) is 59.6 Å². The Hall–Kier alpha value is -5.14. The molecule has 2 aromatic carbocycles. The maximum Gasteiger partial charge on any atom is 0.338 e. The molecule has 3 aliphatic heterocycles. The van der Waals surface area contributed by atoms with Gasteiger partial charge in [-0.05, 0) is 86.5 Å². The minimum atomic E-state index is -0.315. The fraction of sp³-hybridized carbons (Fsp3) is 0.522. The average molecular weight is 808 g/mol. The molecule has 8 rings (SSSR count). The number of benzene rings is 2. The highest BCUT2D eigenvalue weighted by atomic mass is 16.5. The maximum absolute atomic E-state index is 13.0. The first kappa shape index (κ1) is 42.0. The van der Waals surface area contributed by atoms with E-state index >= 15 is 0 Å². The van der Waals surface area contributed by atoms with Crippen molar-refractivity contribution in [1.82, 2.24) is 24.9 Å². The zero-order valence-electron chi connectivity index (χ0n) is 34.5. The van der Waals surface area contributed by atoms with Crippen LogP contribution in [0.15, 0.2) is 60.7 Å². The Bertz CT molecular complexity index is 2080. The highest BCUT2D eigenvalue weighted by molar-refractivity contribution is 6.00. The van der Waals surface area contributed by atoms with Crippen LogP contribution in [0.4, 0.5) is 0 Å². The van der Waals surface area contributed by atoms with Gasteiger partial charge < -0.3 is 24.3 Å². The SMILES string of the molecule is CCc1nn(CCCOC(=O)c2ccccc2)c2c1C(=O)CC1(CCOCC1)C2.CCc1nn(CCCOC(=O)c2ccccc2)c2c1C(=O)NCC1(CCOCC1)C2. The van der Waals surface area contributed by atoms with Crippen molar-refractivity contribution in [1.29, 1.82) is 0 Å². The number of nitrogens with one attached hydrogen (secondary N) is 1. The number of hydrogen-bond acceptors (Lipinski definition) is 10. The summed E-state index contributed by atoms with van der Waals surface area (Å²) in [4.78, 5) is 50.0. The average Bonchev–Trinajstić information content (AvgIpc) is 3.76. The summed E-state index contributed by atoms with van der Waals surface area (Å²) in [6.07, 6.45) is 8.82. The molecule has 4 aromatic rings. The summed E-state index contributed by atoms with van der Waals surface area (Å²) < 4.78 is 25.8. The van der Waals surface area contributed by atoms with Crippen molar-refractivity contribution in [2.45, 2.75) is 97.6 Å². The minimum absolute atomic E-state index is 0.0188. The molecule has 2 fully saturated rings. The van der Waals surface area contributed by atoms with Crippen LogP contribution < -0.4 is 5.32 Å². The Morgan fingerprint density at radius 3 is 1.63 bits per heavy atom. The molecule has 0 saturated carbocycles. The summed E-state index contributed by atoms with van der Waals surface area (Å²) in [6.45, 7) is 9.57. The molecule has 0 bridgehead atoms. The number of ether oxygens (including phenoxy) is 4. The maximum atomic E-state index is 13.0. The van der Waals surface area contributed by atoms with Crippen LogP contribution in [0.25, 0.3) is 0 Å². The third-order valence-electron chi connectivity index (χ3n) is 12.3. The molecule has 1 amide bonds. The predicted molar refractivity (Wildman–Crippen MR) is 220 cm³/mol. The number of amides is 1. The van der Waals surface area contributed by atoms with Crippen molar-refractivity contribution >= 4 is 23.6 Å². The zero-order valence-corrected chi connectivity index (χ0v) is 34.5. The molecule has 5 heterocycles. The standard InChI is InChI=1S/C23H29N3O4.C23H28N2O4/c1-2-18-20-19(15-23(16-24-21(20)27)9-13-29-14-10-23)26(25-18)11-6-12-30-22(28)17-7-4-3-5-8-17;1-2-18-21-19(15-23(16-20(21)26)9-13-28-14-10-23)25(24-18)11-6-12-29-22(27)17-7-4-3-5-8-17/h3-5,7-8H,2,6,9-16H2,1H3,(H,24,27);3-5,7-8H,2,6,9-16H2,1H3. The molecule has 2 saturated heterocycles. The van der Waals surface area contributed by atoms with Gasteiger partial charge in [-0.1, -0.05) is 50.2 Å². The van der Waals surface area contributed by atoms with Crippen LogP contribution in [0.3, 0.4) is 0 Å². The van der Waals surface area contributed by atoms with E-state index in [4.69, 9.17) is 29.1 Å². The number of carbonyl (C=O) groups is 4. The van der Waals surface area contributed by atoms with Gasteiger partial charge in [-0.2, -0.15) is 10.2 Å². The molecule has 1 aliphatic carbocycles. The van der Waals surface area contributed by atoms with Gasteiger partial charge in [-0.3, -0.25) is 19.0 Å². The topological polar surface area (TPSA) is 153 Å². The molecular weight excluding hydrogens is 751 g/mol. The Morgan fingerprint density at radius 1 is 0.661 bits per heavy atom. The van der Waals surface area contributed by atoms with Gasteiger partial charge in [0, 0.05) is 65.3 Å². The van der Waals surface area contributed by atoms with Crippen molar-refractivity contribution in [3.63, 3.8) is 0 Å². The van der Waals surface area contributed by atoms with Gasteiger partial charge in [0.15, 0.2) is 5.78 Å². The molecule has 1 N–H and O–H groups in total. The first-order chi connectivity index (χ1) is 28.7. The number of nitrogens with zero attached hydrogens (tertiary/aromatic N) is 4. The van der Waals surface area contributed by atoms with Gasteiger partial charge in [0.1, 0.15) is 0 Å². The predicted octanol–water partition coefficient (Wildman–Crippen LogP) is 6.39. The second kappa shape index (κ2) is 19.3. The molecule has 59 heavy (non-hydrogen) atoms. The fourth-order valence-electron chi connectivity index (χ4n) is 8.92. The Balaban J connectivity index is 0.000000179. The van der Waals surface area contributed by atoms with Crippen molar-refractivity contribution in [2.24, 2.45) is 10.8 Å². The highest BCUT2D eigenvalue weighted by Crippen LogP contribution is 2.44. The van der Waals surface area contributed by atoms with Gasteiger partial charge in [0.05, 0.1) is 58.2 Å². The van der Waals surface area contributed by atoms with E-state index in [1.165, 1.54) is 0 Å². The van der Waals surface area contributed by atoms with Crippen molar-refractivity contribution in [3.8, 4) is 0 Å². The van der Waals surface area contributed by atoms with Gasteiger partial charge >= 0.3 is 11.9 Å². The molecule has 13 nitrogen and oxygen atoms in total. The summed E-state index contributed by atoms with van der Waals surface area (Å²) in [5.74, 6) is -0.415. The van der Waals surface area contributed by atoms with Crippen molar-refractivity contribution in [2.75, 3.05) is 46.2 Å². The number of aromatic nitrogens is 4. The highest BCUT2D eigenvalue weighted by Gasteiger charge is 2.43. The van der Waals surface area contributed by atoms with Gasteiger partial charge in [0.25, 0.3) is 5.91 Å². The van der Waals surface area contributed by atoms with Crippen LogP contribution in [0.2, 0.25) is 0 Å². The van der Waals surface area contributed by atoms with E-state index in [2.05, 4.69) is 5.32 Å². The van der Waals surface area contributed by atoms with E-state index in [0.717, 1.165) is 105 Å². The van der Waals surface area contributed by atoms with E-state index < -0.39 is 0 Å². The van der Waals surface area contributed by atoms with Crippen LogP contribution in [0.5, 0.6) is 0 Å². The third-order valence-corrected chi connectivity index (χ3v) is 12.3. The number of ketones is 1. The minimum Gasteiger partial charge on any atom is -0.462 e. The second-order valence-electron chi connectivity index (χ2n) is 16.3. The number of Topliss-reactive ketones (excluding diaryl/α,β-unsaturated/α-hetero) is 1. The molecule has 314 valence electrons. The molecule has 2 aromatic heterocycles. The fourth-order valence-corrected chi connectivity index (χ4v) is 8.92. The lowest BCUT2D eigenvalue weighted by Gasteiger charge is -2.39. The second-order valence-corrected chi connectivity index (χ2v) is 16.3. The van der Waals surface area contributed by atoms with Gasteiger partial charge in [-0.25, -0.2) is 9.59 Å². The monoisotopic (exact) mass is 807 g/mol. The van der Waals surface area contributed by atoms with Crippen molar-refractivity contribution in [3.05, 3.63) is 106 Å². The van der Waals surface area contributed by atoms with Gasteiger partial charge in [-0.15, -0.1) is 0 Å². The summed E-state index contributed by atoms with van der Waals surface area (Å²) in [5, 5.41) is 12.6. The first-order valence-corrected chi connectivity index (χ1v) is 21.3.